The predicted octanol–water partition coefficient (Wildman–Crippen LogP) is 2.29. The molecule has 16 heavy (non-hydrogen) atoms. The lowest BCUT2D eigenvalue weighted by atomic mass is 9.82. The number of hydrogen-bond acceptors (Lipinski definition) is 4. The van der Waals surface area contributed by atoms with E-state index in [1.54, 1.807) is 0 Å². The molecule has 1 aliphatic rings. The van der Waals surface area contributed by atoms with Gasteiger partial charge in [-0.25, -0.2) is 9.97 Å². The number of rotatable bonds is 4. The van der Waals surface area contributed by atoms with Crippen molar-refractivity contribution in [2.45, 2.75) is 39.2 Å². The second-order valence-electron chi connectivity index (χ2n) is 4.58. The van der Waals surface area contributed by atoms with Crippen molar-refractivity contribution in [3.05, 3.63) is 11.9 Å². The zero-order chi connectivity index (χ0) is 11.5. The van der Waals surface area contributed by atoms with Gasteiger partial charge < -0.3 is 10.6 Å². The first-order valence-corrected chi connectivity index (χ1v) is 6.03. The molecule has 4 nitrogen and oxygen atoms in total. The monoisotopic (exact) mass is 220 g/mol. The summed E-state index contributed by atoms with van der Waals surface area (Å²) < 4.78 is 0. The summed E-state index contributed by atoms with van der Waals surface area (Å²) in [4.78, 5) is 8.86. The van der Waals surface area contributed by atoms with Crippen molar-refractivity contribution >= 4 is 11.6 Å². The zero-order valence-electron chi connectivity index (χ0n) is 10.2. The largest absolute Gasteiger partial charge is 0.373 e. The summed E-state index contributed by atoms with van der Waals surface area (Å²) in [5.41, 5.74) is 0. The average Bonchev–Trinajstić information content (AvgIpc) is 2.26. The first-order chi connectivity index (χ1) is 7.71. The van der Waals surface area contributed by atoms with Gasteiger partial charge in [0.05, 0.1) is 0 Å². The SMILES string of the molecule is CCc1nc(NC)cc(NC2CC(C)C2)n1. The molecule has 2 N–H and O–H groups in total. The van der Waals surface area contributed by atoms with Crippen LogP contribution in [0.4, 0.5) is 11.6 Å². The summed E-state index contributed by atoms with van der Waals surface area (Å²) >= 11 is 0. The van der Waals surface area contributed by atoms with Crippen molar-refractivity contribution in [1.82, 2.24) is 9.97 Å². The second-order valence-corrected chi connectivity index (χ2v) is 4.58. The summed E-state index contributed by atoms with van der Waals surface area (Å²) in [6.45, 7) is 4.36. The van der Waals surface area contributed by atoms with Gasteiger partial charge in [-0.1, -0.05) is 13.8 Å². The third-order valence-corrected chi connectivity index (χ3v) is 3.07. The predicted molar refractivity (Wildman–Crippen MR) is 66.8 cm³/mol. The van der Waals surface area contributed by atoms with Crippen LogP contribution in [0.5, 0.6) is 0 Å². The van der Waals surface area contributed by atoms with Crippen LogP contribution in [0.1, 0.15) is 32.5 Å². The highest BCUT2D eigenvalue weighted by molar-refractivity contribution is 5.48. The van der Waals surface area contributed by atoms with Crippen LogP contribution in [0.3, 0.4) is 0 Å². The third kappa shape index (κ3) is 2.43. The van der Waals surface area contributed by atoms with Crippen LogP contribution in [0.2, 0.25) is 0 Å². The van der Waals surface area contributed by atoms with E-state index in [4.69, 9.17) is 0 Å². The maximum atomic E-state index is 4.48. The van der Waals surface area contributed by atoms with E-state index in [1.807, 2.05) is 13.1 Å². The fourth-order valence-electron chi connectivity index (χ4n) is 2.09. The quantitative estimate of drug-likeness (QED) is 0.817. The first-order valence-electron chi connectivity index (χ1n) is 6.03. The summed E-state index contributed by atoms with van der Waals surface area (Å²) in [6, 6.07) is 2.57. The van der Waals surface area contributed by atoms with Crippen molar-refractivity contribution in [3.63, 3.8) is 0 Å². The average molecular weight is 220 g/mol. The van der Waals surface area contributed by atoms with E-state index in [9.17, 15) is 0 Å². The van der Waals surface area contributed by atoms with E-state index >= 15 is 0 Å². The van der Waals surface area contributed by atoms with Crippen molar-refractivity contribution in [3.8, 4) is 0 Å². The maximum absolute atomic E-state index is 4.48. The second kappa shape index (κ2) is 4.68. The van der Waals surface area contributed by atoms with E-state index in [0.29, 0.717) is 6.04 Å². The van der Waals surface area contributed by atoms with Crippen molar-refractivity contribution in [2.24, 2.45) is 5.92 Å². The van der Waals surface area contributed by atoms with Gasteiger partial charge in [-0.05, 0) is 18.8 Å². The number of anilines is 2. The molecule has 0 saturated heterocycles. The van der Waals surface area contributed by atoms with Gasteiger partial charge in [-0.3, -0.25) is 0 Å². The molecular formula is C12H20N4. The number of nitrogens with one attached hydrogen (secondary N) is 2. The molecule has 0 unspecified atom stereocenters. The highest BCUT2D eigenvalue weighted by Gasteiger charge is 2.25. The Balaban J connectivity index is 2.07. The number of nitrogens with zero attached hydrogens (tertiary/aromatic N) is 2. The number of aromatic nitrogens is 2. The fraction of sp³-hybridized carbons (Fsp3) is 0.667. The molecule has 0 aliphatic heterocycles. The molecule has 1 aromatic heterocycles. The lowest BCUT2D eigenvalue weighted by Crippen LogP contribution is -2.34. The zero-order valence-corrected chi connectivity index (χ0v) is 10.2. The topological polar surface area (TPSA) is 49.8 Å². The molecule has 1 aromatic rings. The van der Waals surface area contributed by atoms with Crippen LogP contribution in [0, 0.1) is 5.92 Å². The van der Waals surface area contributed by atoms with Gasteiger partial charge in [0.25, 0.3) is 0 Å². The number of hydrogen-bond donors (Lipinski definition) is 2. The molecular weight excluding hydrogens is 200 g/mol. The molecule has 0 radical (unpaired) electrons. The van der Waals surface area contributed by atoms with Crippen LogP contribution < -0.4 is 10.6 Å². The van der Waals surface area contributed by atoms with Crippen LogP contribution in [0.15, 0.2) is 6.07 Å². The van der Waals surface area contributed by atoms with Crippen LogP contribution in [-0.4, -0.2) is 23.1 Å². The van der Waals surface area contributed by atoms with E-state index in [2.05, 4.69) is 34.4 Å². The minimum absolute atomic E-state index is 0.597. The summed E-state index contributed by atoms with van der Waals surface area (Å²) in [5.74, 6) is 3.59. The van der Waals surface area contributed by atoms with E-state index in [1.165, 1.54) is 12.8 Å². The minimum Gasteiger partial charge on any atom is -0.373 e. The van der Waals surface area contributed by atoms with Gasteiger partial charge in [0.2, 0.25) is 0 Å². The van der Waals surface area contributed by atoms with Gasteiger partial charge in [0.15, 0.2) is 0 Å². The molecule has 1 fully saturated rings. The summed E-state index contributed by atoms with van der Waals surface area (Å²) in [6.07, 6.45) is 3.37. The Bertz CT molecular complexity index is 336. The molecule has 0 spiro atoms. The first kappa shape index (κ1) is 11.2. The minimum atomic E-state index is 0.597. The maximum Gasteiger partial charge on any atom is 0.132 e. The molecule has 1 heterocycles. The van der Waals surface area contributed by atoms with Crippen LogP contribution >= 0.6 is 0 Å². The Kier molecular flexibility index (Phi) is 3.27. The molecule has 0 aromatic carbocycles. The summed E-state index contributed by atoms with van der Waals surface area (Å²) in [7, 11) is 1.89. The molecule has 2 rings (SSSR count). The molecule has 1 saturated carbocycles. The Labute approximate surface area is 96.9 Å². The van der Waals surface area contributed by atoms with Gasteiger partial charge in [-0.2, -0.15) is 0 Å². The van der Waals surface area contributed by atoms with Crippen LogP contribution in [-0.2, 0) is 6.42 Å². The van der Waals surface area contributed by atoms with E-state index < -0.39 is 0 Å². The smallest absolute Gasteiger partial charge is 0.132 e. The standard InChI is InChI=1S/C12H20N4/c1-4-10-15-11(13-3)7-12(16-10)14-9-5-8(2)6-9/h7-9H,4-6H2,1-3H3,(H2,13,14,15,16). The molecule has 4 heteroatoms. The molecule has 0 bridgehead atoms. The van der Waals surface area contributed by atoms with Crippen LogP contribution in [0.25, 0.3) is 0 Å². The van der Waals surface area contributed by atoms with E-state index in [-0.39, 0.29) is 0 Å². The Hall–Kier alpha value is -1.32. The summed E-state index contributed by atoms with van der Waals surface area (Å²) in [5, 5.41) is 6.54. The highest BCUT2D eigenvalue weighted by atomic mass is 15.1. The van der Waals surface area contributed by atoms with Gasteiger partial charge in [0.1, 0.15) is 17.5 Å². The van der Waals surface area contributed by atoms with Gasteiger partial charge in [-0.15, -0.1) is 0 Å². The highest BCUT2D eigenvalue weighted by Crippen LogP contribution is 2.29. The molecule has 1 aliphatic carbocycles. The van der Waals surface area contributed by atoms with Crippen molar-refractivity contribution in [1.29, 1.82) is 0 Å². The Morgan fingerprint density at radius 1 is 1.31 bits per heavy atom. The lowest BCUT2D eigenvalue weighted by Gasteiger charge is -2.33. The Morgan fingerprint density at radius 3 is 2.56 bits per heavy atom. The van der Waals surface area contributed by atoms with Gasteiger partial charge >= 0.3 is 0 Å². The van der Waals surface area contributed by atoms with Crippen molar-refractivity contribution in [2.75, 3.05) is 17.7 Å². The van der Waals surface area contributed by atoms with Gasteiger partial charge in [0, 0.05) is 25.6 Å². The fourth-order valence-corrected chi connectivity index (χ4v) is 2.09. The lowest BCUT2D eigenvalue weighted by molar-refractivity contribution is 0.308. The van der Waals surface area contributed by atoms with E-state index in [0.717, 1.165) is 29.8 Å². The van der Waals surface area contributed by atoms with Crippen molar-refractivity contribution < 1.29 is 0 Å². The normalized spacial score (nSPS) is 23.7. The third-order valence-electron chi connectivity index (χ3n) is 3.07. The number of aryl methyl sites for hydroxylation is 1. The molecule has 0 atom stereocenters. The molecule has 88 valence electrons. The molecule has 0 amide bonds. The Morgan fingerprint density at radius 2 is 2.00 bits per heavy atom.